The van der Waals surface area contributed by atoms with Crippen molar-refractivity contribution < 1.29 is 8.76 Å². The Hall–Kier alpha value is -0.750. The molecule has 0 aromatic heterocycles. The van der Waals surface area contributed by atoms with Gasteiger partial charge in [0.05, 0.1) is 6.21 Å². The highest BCUT2D eigenvalue weighted by molar-refractivity contribution is 7.97. The van der Waals surface area contributed by atoms with E-state index >= 15 is 0 Å². The maximum absolute atomic E-state index is 9.97. The Morgan fingerprint density at radius 3 is 2.89 bits per heavy atom. The van der Waals surface area contributed by atoms with Crippen molar-refractivity contribution in [2.75, 3.05) is 7.05 Å². The zero-order chi connectivity index (χ0) is 7.28. The molecule has 0 bridgehead atoms. The maximum atomic E-state index is 9.97. The number of hydrogen-bond acceptors (Lipinski definition) is 4. The van der Waals surface area contributed by atoms with Gasteiger partial charge in [-0.3, -0.25) is 5.41 Å². The van der Waals surface area contributed by atoms with Crippen LogP contribution in [-0.2, 0) is 11.1 Å². The molecular formula is C3H7N3O2S. The molecular weight excluding hydrogens is 142 g/mol. The first kappa shape index (κ1) is 8.25. The predicted molar refractivity (Wildman–Crippen MR) is 36.0 cm³/mol. The zero-order valence-electron chi connectivity index (χ0n) is 4.79. The van der Waals surface area contributed by atoms with Gasteiger partial charge >= 0.3 is 0 Å². The summed E-state index contributed by atoms with van der Waals surface area (Å²) in [5, 5.41) is 9.62. The van der Waals surface area contributed by atoms with Crippen LogP contribution in [0, 0.1) is 5.41 Å². The van der Waals surface area contributed by atoms with Gasteiger partial charge < -0.3 is 9.98 Å². The first-order valence-electron chi connectivity index (χ1n) is 2.07. The van der Waals surface area contributed by atoms with E-state index in [-0.39, 0.29) is 0 Å². The van der Waals surface area contributed by atoms with Crippen LogP contribution in [0.5, 0.6) is 0 Å². The number of nitrogens with one attached hydrogen (secondary N) is 2. The summed E-state index contributed by atoms with van der Waals surface area (Å²) >= 11 is -2.22. The van der Waals surface area contributed by atoms with Crippen LogP contribution in [0.2, 0.25) is 0 Å². The number of rotatable bonds is 2. The summed E-state index contributed by atoms with van der Waals surface area (Å²) in [4.78, 5) is 0. The molecule has 0 fully saturated rings. The van der Waals surface area contributed by atoms with Gasteiger partial charge in [-0.15, -0.1) is 0 Å². The van der Waals surface area contributed by atoms with Gasteiger partial charge in [-0.2, -0.15) is 5.10 Å². The number of hydrazone groups is 1. The Labute approximate surface area is 54.9 Å². The molecule has 5 nitrogen and oxygen atoms in total. The molecule has 0 spiro atoms. The number of nitrogens with zero attached hydrogens (tertiary/aromatic N) is 1. The van der Waals surface area contributed by atoms with Gasteiger partial charge in [0.1, 0.15) is 0 Å². The Kier molecular flexibility index (Phi) is 3.81. The average Bonchev–Trinajstić information content (AvgIpc) is 1.82. The summed E-state index contributed by atoms with van der Waals surface area (Å²) in [7, 11) is 1.53. The second kappa shape index (κ2) is 4.16. The molecule has 0 saturated heterocycles. The topological polar surface area (TPSA) is 85.5 Å². The minimum absolute atomic E-state index is 0.427. The first-order valence-corrected chi connectivity index (χ1v) is 3.18. The minimum Gasteiger partial charge on any atom is -0.313 e. The van der Waals surface area contributed by atoms with Gasteiger partial charge in [0.25, 0.3) is 0 Å². The molecule has 0 saturated carbocycles. The zero-order valence-corrected chi connectivity index (χ0v) is 5.60. The molecule has 0 rings (SSSR count). The summed E-state index contributed by atoms with van der Waals surface area (Å²) in [5.41, 5.74) is 2.34. The quantitative estimate of drug-likeness (QED) is 0.212. The lowest BCUT2D eigenvalue weighted by Crippen LogP contribution is -2.08. The molecule has 0 radical (unpaired) electrons. The molecule has 3 N–H and O–H groups in total. The standard InChI is InChI=1S/C3H7N3O2S/c1-5-6-2-3(4)9(7)8/h2,4-5H,1H3,(H,7,8)/b4-3?,6-2-. The van der Waals surface area contributed by atoms with E-state index in [0.29, 0.717) is 0 Å². The van der Waals surface area contributed by atoms with Crippen molar-refractivity contribution in [1.29, 1.82) is 5.41 Å². The van der Waals surface area contributed by atoms with Crippen LogP contribution in [0.4, 0.5) is 0 Å². The normalized spacial score (nSPS) is 13.6. The van der Waals surface area contributed by atoms with Crippen LogP contribution in [-0.4, -0.2) is 27.1 Å². The van der Waals surface area contributed by atoms with E-state index in [2.05, 4.69) is 10.5 Å². The van der Waals surface area contributed by atoms with E-state index in [4.69, 9.17) is 9.96 Å². The molecule has 0 aliphatic rings. The van der Waals surface area contributed by atoms with Gasteiger partial charge in [-0.1, -0.05) is 0 Å². The lowest BCUT2D eigenvalue weighted by atomic mass is 10.8. The van der Waals surface area contributed by atoms with Crippen LogP contribution in [0.3, 0.4) is 0 Å². The maximum Gasteiger partial charge on any atom is 0.206 e. The fourth-order valence-electron chi connectivity index (χ4n) is 0.168. The molecule has 0 aromatic carbocycles. The van der Waals surface area contributed by atoms with Crippen molar-refractivity contribution in [3.8, 4) is 0 Å². The third kappa shape index (κ3) is 3.80. The molecule has 9 heavy (non-hydrogen) atoms. The summed E-state index contributed by atoms with van der Waals surface area (Å²) in [6.45, 7) is 0. The number of hydrogen-bond donors (Lipinski definition) is 3. The van der Waals surface area contributed by atoms with Crippen molar-refractivity contribution in [1.82, 2.24) is 5.43 Å². The minimum atomic E-state index is -2.22. The van der Waals surface area contributed by atoms with Gasteiger partial charge in [-0.05, 0) is 0 Å². The highest BCUT2D eigenvalue weighted by atomic mass is 32.2. The molecule has 0 aliphatic heterocycles. The Morgan fingerprint density at radius 1 is 2.00 bits per heavy atom. The summed E-state index contributed by atoms with van der Waals surface area (Å²) in [6, 6.07) is 0. The molecule has 0 aliphatic carbocycles. The van der Waals surface area contributed by atoms with Crippen LogP contribution in [0.1, 0.15) is 0 Å². The fraction of sp³-hybridized carbons (Fsp3) is 0.333. The van der Waals surface area contributed by atoms with Gasteiger partial charge in [-0.25, -0.2) is 4.21 Å². The van der Waals surface area contributed by atoms with Crippen molar-refractivity contribution >= 4 is 22.3 Å². The average molecular weight is 149 g/mol. The van der Waals surface area contributed by atoms with Gasteiger partial charge in [0.15, 0.2) is 5.04 Å². The van der Waals surface area contributed by atoms with E-state index in [1.165, 1.54) is 7.05 Å². The molecule has 0 heterocycles. The van der Waals surface area contributed by atoms with Crippen LogP contribution in [0.25, 0.3) is 0 Å². The monoisotopic (exact) mass is 149 g/mol. The first-order chi connectivity index (χ1) is 4.18. The van der Waals surface area contributed by atoms with E-state index < -0.39 is 16.1 Å². The predicted octanol–water partition coefficient (Wildman–Crippen LogP) is -0.609. The molecule has 6 heteroatoms. The van der Waals surface area contributed by atoms with Gasteiger partial charge in [0, 0.05) is 7.05 Å². The summed E-state index contributed by atoms with van der Waals surface area (Å²) < 4.78 is 18.1. The van der Waals surface area contributed by atoms with E-state index in [9.17, 15) is 4.21 Å². The van der Waals surface area contributed by atoms with Crippen LogP contribution < -0.4 is 5.43 Å². The molecule has 0 aromatic rings. The van der Waals surface area contributed by atoms with E-state index in [1.54, 1.807) is 0 Å². The molecule has 0 amide bonds. The lowest BCUT2D eigenvalue weighted by molar-refractivity contribution is 0.577. The van der Waals surface area contributed by atoms with Crippen LogP contribution in [0.15, 0.2) is 5.10 Å². The molecule has 1 unspecified atom stereocenters. The molecule has 1 atom stereocenters. The SMILES string of the molecule is CN/N=C\C(=N)S(=O)O. The molecule has 52 valence electrons. The highest BCUT2D eigenvalue weighted by Crippen LogP contribution is 1.72. The fourth-order valence-corrected chi connectivity index (χ4v) is 0.311. The van der Waals surface area contributed by atoms with E-state index in [0.717, 1.165) is 6.21 Å². The van der Waals surface area contributed by atoms with Crippen LogP contribution >= 0.6 is 0 Å². The summed E-state index contributed by atoms with van der Waals surface area (Å²) in [6.07, 6.45) is 0.968. The Morgan fingerprint density at radius 2 is 2.56 bits per heavy atom. The third-order valence-electron chi connectivity index (χ3n) is 0.499. The largest absolute Gasteiger partial charge is 0.313 e. The second-order valence-corrected chi connectivity index (χ2v) is 2.03. The van der Waals surface area contributed by atoms with E-state index in [1.807, 2.05) is 0 Å². The third-order valence-corrected chi connectivity index (χ3v) is 0.981. The van der Waals surface area contributed by atoms with Crippen molar-refractivity contribution in [3.05, 3.63) is 0 Å². The summed E-state index contributed by atoms with van der Waals surface area (Å²) in [5.74, 6) is 0. The Bertz CT molecular complexity index is 155. The Balaban J connectivity index is 3.77. The van der Waals surface area contributed by atoms with Crippen molar-refractivity contribution in [3.63, 3.8) is 0 Å². The van der Waals surface area contributed by atoms with Crippen molar-refractivity contribution in [2.24, 2.45) is 5.10 Å². The van der Waals surface area contributed by atoms with Gasteiger partial charge in [0.2, 0.25) is 11.1 Å². The smallest absolute Gasteiger partial charge is 0.206 e. The van der Waals surface area contributed by atoms with Crippen molar-refractivity contribution in [2.45, 2.75) is 0 Å². The second-order valence-electron chi connectivity index (χ2n) is 1.10. The lowest BCUT2D eigenvalue weighted by Gasteiger charge is -1.86. The highest BCUT2D eigenvalue weighted by Gasteiger charge is 1.96.